The van der Waals surface area contributed by atoms with Gasteiger partial charge in [-0.25, -0.2) is 0 Å². The summed E-state index contributed by atoms with van der Waals surface area (Å²) in [6, 6.07) is 0. The number of nitrogens with one attached hydrogen (secondary N) is 4. The van der Waals surface area contributed by atoms with E-state index in [-0.39, 0.29) is 30.6 Å². The van der Waals surface area contributed by atoms with Crippen molar-refractivity contribution >= 4 is 35.9 Å². The molecule has 10 nitrogen and oxygen atoms in total. The average molecular weight is 599 g/mol. The molecule has 2 aromatic heterocycles. The number of methoxy groups -OCH3 is 1. The maximum Gasteiger partial charge on any atom is 0.305 e. The number of allylic oxidation sites excluding steroid dienone is 2. The Morgan fingerprint density at radius 1 is 0.773 bits per heavy atom. The van der Waals surface area contributed by atoms with Gasteiger partial charge in [-0.15, -0.1) is 0 Å². The van der Waals surface area contributed by atoms with Gasteiger partial charge in [-0.1, -0.05) is 25.3 Å². The second-order valence-corrected chi connectivity index (χ2v) is 10.9. The predicted molar refractivity (Wildman–Crippen MR) is 168 cm³/mol. The third-order valence-corrected chi connectivity index (χ3v) is 8.33. The van der Waals surface area contributed by atoms with Gasteiger partial charge in [0.2, 0.25) is 0 Å². The van der Waals surface area contributed by atoms with E-state index in [1.807, 2.05) is 32.9 Å². The van der Waals surface area contributed by atoms with Crippen LogP contribution in [-0.4, -0.2) is 45.9 Å². The molecule has 5 N–H and O–H groups in total. The molecule has 0 atom stereocenters. The standard InChI is InChI=1S/C34H38N4O6/c1-8-21-20(6)33(42)38-28(21)15-26-19(5)24(11-13-32(41)44-7)30(36-26)16-29-23(10-12-31(39)40)18(4)25(35-29)14-27-17(3)22(9-2)34(43)37-27/h8-9,14-15,35-36H,1-2,10-13,16H2,3-7H3,(H,37,43)(H,38,42)(H,39,40)/b27-14+,28-15-. The van der Waals surface area contributed by atoms with Crippen LogP contribution in [0.5, 0.6) is 0 Å². The fourth-order valence-electron chi connectivity index (χ4n) is 5.71. The maximum atomic E-state index is 12.4. The van der Waals surface area contributed by atoms with E-state index >= 15 is 0 Å². The molecule has 4 heterocycles. The normalized spacial score (nSPS) is 16.7. The molecular weight excluding hydrogens is 560 g/mol. The molecule has 0 aliphatic carbocycles. The van der Waals surface area contributed by atoms with E-state index < -0.39 is 5.97 Å². The average Bonchev–Trinajstić information content (AvgIpc) is 3.63. The number of esters is 1. The summed E-state index contributed by atoms with van der Waals surface area (Å²) < 4.78 is 4.89. The van der Waals surface area contributed by atoms with E-state index in [0.717, 1.165) is 56.2 Å². The van der Waals surface area contributed by atoms with Crippen molar-refractivity contribution in [3.8, 4) is 0 Å². The van der Waals surface area contributed by atoms with Crippen molar-refractivity contribution in [2.24, 2.45) is 0 Å². The van der Waals surface area contributed by atoms with Gasteiger partial charge in [0.1, 0.15) is 0 Å². The highest BCUT2D eigenvalue weighted by Gasteiger charge is 2.25. The molecule has 2 amide bonds. The van der Waals surface area contributed by atoms with Crippen LogP contribution in [0, 0.1) is 13.8 Å². The number of aliphatic carboxylic acids is 1. The lowest BCUT2D eigenvalue weighted by molar-refractivity contribution is -0.140. The maximum absolute atomic E-state index is 12.4. The topological polar surface area (TPSA) is 153 Å². The Morgan fingerprint density at radius 2 is 1.30 bits per heavy atom. The number of carbonyl (C=O) groups is 4. The number of carboxylic acid groups (broad SMARTS) is 1. The number of carboxylic acids is 1. The minimum Gasteiger partial charge on any atom is -0.481 e. The quantitative estimate of drug-likeness (QED) is 0.225. The summed E-state index contributed by atoms with van der Waals surface area (Å²) in [6.07, 6.45) is 8.14. The fraction of sp³-hybridized carbons (Fsp3) is 0.294. The number of aromatic nitrogens is 2. The number of aromatic amines is 2. The highest BCUT2D eigenvalue weighted by Crippen LogP contribution is 2.31. The van der Waals surface area contributed by atoms with Crippen LogP contribution in [0.25, 0.3) is 12.2 Å². The summed E-state index contributed by atoms with van der Waals surface area (Å²) in [5, 5.41) is 15.2. The van der Waals surface area contributed by atoms with Crippen LogP contribution in [0.1, 0.15) is 71.7 Å². The molecule has 0 unspecified atom stereocenters. The first kappa shape index (κ1) is 31.8. The van der Waals surface area contributed by atoms with E-state index in [9.17, 15) is 24.3 Å². The van der Waals surface area contributed by atoms with Crippen molar-refractivity contribution in [1.29, 1.82) is 0 Å². The number of ether oxygens (including phenoxy) is 1. The summed E-state index contributed by atoms with van der Waals surface area (Å²) in [4.78, 5) is 55.3. The minimum atomic E-state index is -0.905. The van der Waals surface area contributed by atoms with E-state index in [4.69, 9.17) is 4.74 Å². The van der Waals surface area contributed by atoms with Crippen molar-refractivity contribution in [2.75, 3.05) is 7.11 Å². The Hall–Kier alpha value is -5.12. The Balaban J connectivity index is 1.81. The van der Waals surface area contributed by atoms with E-state index in [2.05, 4.69) is 33.8 Å². The molecule has 0 fully saturated rings. The second-order valence-electron chi connectivity index (χ2n) is 10.9. The molecule has 4 rings (SSSR count). The molecule has 2 aliphatic rings. The summed E-state index contributed by atoms with van der Waals surface area (Å²) in [6.45, 7) is 15.1. The smallest absolute Gasteiger partial charge is 0.305 e. The van der Waals surface area contributed by atoms with Crippen LogP contribution in [0.4, 0.5) is 0 Å². The molecule has 0 spiro atoms. The van der Waals surface area contributed by atoms with Crippen molar-refractivity contribution in [3.63, 3.8) is 0 Å². The molecule has 0 saturated heterocycles. The van der Waals surface area contributed by atoms with E-state index in [1.165, 1.54) is 13.2 Å². The summed E-state index contributed by atoms with van der Waals surface area (Å²) in [7, 11) is 1.35. The highest BCUT2D eigenvalue weighted by atomic mass is 16.5. The third-order valence-electron chi connectivity index (χ3n) is 8.33. The largest absolute Gasteiger partial charge is 0.481 e. The lowest BCUT2D eigenvalue weighted by atomic mass is 9.98. The zero-order chi connectivity index (χ0) is 32.3. The van der Waals surface area contributed by atoms with Gasteiger partial charge in [-0.05, 0) is 80.5 Å². The van der Waals surface area contributed by atoms with Crippen molar-refractivity contribution < 1.29 is 29.0 Å². The van der Waals surface area contributed by atoms with Gasteiger partial charge in [0.05, 0.1) is 12.8 Å². The van der Waals surface area contributed by atoms with Gasteiger partial charge >= 0.3 is 11.9 Å². The zero-order valence-corrected chi connectivity index (χ0v) is 25.7. The molecule has 2 aromatic rings. The third kappa shape index (κ3) is 6.29. The predicted octanol–water partition coefficient (Wildman–Crippen LogP) is 4.62. The lowest BCUT2D eigenvalue weighted by Crippen LogP contribution is -2.15. The van der Waals surface area contributed by atoms with Crippen LogP contribution < -0.4 is 10.6 Å². The van der Waals surface area contributed by atoms with Crippen molar-refractivity contribution in [2.45, 2.75) is 59.8 Å². The van der Waals surface area contributed by atoms with Crippen molar-refractivity contribution in [1.82, 2.24) is 20.6 Å². The molecule has 44 heavy (non-hydrogen) atoms. The summed E-state index contributed by atoms with van der Waals surface area (Å²) in [5.74, 6) is -1.64. The van der Waals surface area contributed by atoms with Gasteiger partial charge in [-0.3, -0.25) is 19.2 Å². The molecular formula is C34H38N4O6. The second kappa shape index (κ2) is 13.0. The molecule has 10 heteroatoms. The number of rotatable bonds is 12. The first-order valence-electron chi connectivity index (χ1n) is 14.3. The Bertz CT molecular complexity index is 1720. The number of carbonyl (C=O) groups excluding carboxylic acids is 3. The van der Waals surface area contributed by atoms with Gasteiger partial charge < -0.3 is 30.4 Å². The van der Waals surface area contributed by atoms with Crippen LogP contribution >= 0.6 is 0 Å². The summed E-state index contributed by atoms with van der Waals surface area (Å²) in [5.41, 5.74) is 10.7. The first-order valence-corrected chi connectivity index (χ1v) is 14.3. The van der Waals surface area contributed by atoms with Crippen LogP contribution in [-0.2, 0) is 43.2 Å². The number of H-pyrrole nitrogens is 2. The van der Waals surface area contributed by atoms with Crippen molar-refractivity contribution in [3.05, 3.63) is 104 Å². The van der Waals surface area contributed by atoms with E-state index in [0.29, 0.717) is 41.8 Å². The highest BCUT2D eigenvalue weighted by molar-refractivity contribution is 6.03. The van der Waals surface area contributed by atoms with E-state index in [1.54, 1.807) is 13.0 Å². The number of amides is 2. The summed E-state index contributed by atoms with van der Waals surface area (Å²) >= 11 is 0. The van der Waals surface area contributed by atoms with Gasteiger partial charge in [-0.2, -0.15) is 0 Å². The minimum absolute atomic E-state index is 0.0516. The fourth-order valence-corrected chi connectivity index (χ4v) is 5.71. The molecule has 2 aliphatic heterocycles. The zero-order valence-electron chi connectivity index (χ0n) is 25.7. The lowest BCUT2D eigenvalue weighted by Gasteiger charge is -2.07. The Kier molecular flexibility index (Phi) is 9.42. The first-order chi connectivity index (χ1) is 20.9. The molecule has 0 saturated carbocycles. The van der Waals surface area contributed by atoms with Crippen LogP contribution in [0.15, 0.2) is 59.0 Å². The van der Waals surface area contributed by atoms with Crippen LogP contribution in [0.2, 0.25) is 0 Å². The molecule has 230 valence electrons. The van der Waals surface area contributed by atoms with Gasteiger partial charge in [0.15, 0.2) is 0 Å². The molecule has 0 radical (unpaired) electrons. The Morgan fingerprint density at radius 3 is 1.80 bits per heavy atom. The van der Waals surface area contributed by atoms with Crippen LogP contribution in [0.3, 0.4) is 0 Å². The Labute approximate surface area is 256 Å². The monoisotopic (exact) mass is 598 g/mol. The SMILES string of the molecule is C=CC1=C(C)/C(=C\c2[nH]c(Cc3[nH]c(/C=C4\NC(=O)C(C)=C4C=C)c(C)c3CCC(=O)OC)c(CCC(=O)O)c2C)NC1=O. The molecule has 0 bridgehead atoms. The van der Waals surface area contributed by atoms with Gasteiger partial charge in [0.25, 0.3) is 11.8 Å². The molecule has 0 aromatic carbocycles. The number of hydrogen-bond donors (Lipinski definition) is 5. The number of hydrogen-bond acceptors (Lipinski definition) is 5. The van der Waals surface area contributed by atoms with Gasteiger partial charge in [0, 0.05) is 64.5 Å².